The molecule has 2 aromatic heterocycles. The van der Waals surface area contributed by atoms with E-state index in [9.17, 15) is 18.0 Å². The summed E-state index contributed by atoms with van der Waals surface area (Å²) < 4.78 is 43.2. The van der Waals surface area contributed by atoms with Gasteiger partial charge >= 0.3 is 6.18 Å². The number of aromatic nitrogens is 2. The van der Waals surface area contributed by atoms with Crippen LogP contribution in [0.2, 0.25) is 0 Å². The van der Waals surface area contributed by atoms with E-state index in [0.29, 0.717) is 16.8 Å². The molecule has 0 aliphatic carbocycles. The van der Waals surface area contributed by atoms with Crippen molar-refractivity contribution in [2.24, 2.45) is 0 Å². The van der Waals surface area contributed by atoms with Gasteiger partial charge in [0, 0.05) is 17.1 Å². The number of carbonyl (C=O) groups excluding carboxylic acids is 1. The predicted octanol–water partition coefficient (Wildman–Crippen LogP) is 5.16. The maximum absolute atomic E-state index is 12.7. The number of para-hydroxylation sites is 1. The van der Waals surface area contributed by atoms with Crippen molar-refractivity contribution in [3.05, 3.63) is 78.3 Å². The van der Waals surface area contributed by atoms with E-state index < -0.39 is 17.6 Å². The molecule has 28 heavy (non-hydrogen) atoms. The molecule has 0 radical (unpaired) electrons. The van der Waals surface area contributed by atoms with Crippen molar-refractivity contribution in [1.29, 1.82) is 0 Å². The number of hydrogen-bond donors (Lipinski definition) is 1. The van der Waals surface area contributed by atoms with Crippen LogP contribution in [0.5, 0.6) is 0 Å². The number of nitrogens with zero attached hydrogens (tertiary/aromatic N) is 2. The second kappa shape index (κ2) is 6.80. The molecule has 140 valence electrons. The van der Waals surface area contributed by atoms with Crippen molar-refractivity contribution < 1.29 is 22.4 Å². The van der Waals surface area contributed by atoms with Crippen LogP contribution in [0.1, 0.15) is 16.1 Å². The number of alkyl halides is 3. The molecule has 0 bridgehead atoms. The minimum atomic E-state index is -4.42. The van der Waals surface area contributed by atoms with Crippen LogP contribution in [0.15, 0.2) is 71.5 Å². The molecule has 0 saturated carbocycles. The van der Waals surface area contributed by atoms with Gasteiger partial charge < -0.3 is 9.73 Å². The van der Waals surface area contributed by atoms with Crippen LogP contribution in [0.4, 0.5) is 18.9 Å². The van der Waals surface area contributed by atoms with Gasteiger partial charge in [-0.25, -0.2) is 4.98 Å². The summed E-state index contributed by atoms with van der Waals surface area (Å²) in [6, 6.07) is 13.4. The van der Waals surface area contributed by atoms with Crippen LogP contribution in [-0.4, -0.2) is 15.9 Å². The lowest BCUT2D eigenvalue weighted by Crippen LogP contribution is -2.12. The summed E-state index contributed by atoms with van der Waals surface area (Å²) in [6.07, 6.45) is -1.65. The molecule has 2 aromatic carbocycles. The highest BCUT2D eigenvalue weighted by molar-refractivity contribution is 6.07. The van der Waals surface area contributed by atoms with Gasteiger partial charge in [0.2, 0.25) is 5.89 Å². The lowest BCUT2D eigenvalue weighted by molar-refractivity contribution is -0.137. The fourth-order valence-electron chi connectivity index (χ4n) is 2.70. The Morgan fingerprint density at radius 3 is 2.50 bits per heavy atom. The van der Waals surface area contributed by atoms with Crippen molar-refractivity contribution in [2.75, 3.05) is 5.32 Å². The predicted molar refractivity (Wildman–Crippen MR) is 96.6 cm³/mol. The summed E-state index contributed by atoms with van der Waals surface area (Å²) in [7, 11) is 0. The number of rotatable bonds is 3. The summed E-state index contributed by atoms with van der Waals surface area (Å²) >= 11 is 0. The van der Waals surface area contributed by atoms with Gasteiger partial charge in [0.25, 0.3) is 5.91 Å². The Balaban J connectivity index is 1.56. The number of halogens is 3. The molecule has 0 spiro atoms. The third kappa shape index (κ3) is 3.44. The average molecular weight is 383 g/mol. The molecule has 5 nitrogen and oxygen atoms in total. The van der Waals surface area contributed by atoms with E-state index >= 15 is 0 Å². The molecule has 0 fully saturated rings. The summed E-state index contributed by atoms with van der Waals surface area (Å²) in [5.41, 5.74) is 0.706. The van der Waals surface area contributed by atoms with Crippen molar-refractivity contribution in [2.45, 2.75) is 6.18 Å². The lowest BCUT2D eigenvalue weighted by Gasteiger charge is -2.06. The van der Waals surface area contributed by atoms with Gasteiger partial charge in [-0.05, 0) is 36.4 Å². The van der Waals surface area contributed by atoms with Crippen LogP contribution < -0.4 is 5.32 Å². The molecule has 4 aromatic rings. The second-order valence-electron chi connectivity index (χ2n) is 5.95. The van der Waals surface area contributed by atoms with Gasteiger partial charge in [0.05, 0.1) is 16.8 Å². The summed E-state index contributed by atoms with van der Waals surface area (Å²) in [4.78, 5) is 20.8. The molecule has 1 N–H and O–H groups in total. The third-order valence-electron chi connectivity index (χ3n) is 4.08. The number of benzene rings is 2. The molecular formula is C20H12F3N3O2. The third-order valence-corrected chi connectivity index (χ3v) is 4.08. The zero-order chi connectivity index (χ0) is 19.7. The number of oxazole rings is 1. The van der Waals surface area contributed by atoms with Gasteiger partial charge in [-0.3, -0.25) is 9.78 Å². The zero-order valence-electron chi connectivity index (χ0n) is 14.2. The Morgan fingerprint density at radius 1 is 1.00 bits per heavy atom. The molecule has 8 heteroatoms. The SMILES string of the molecule is O=C(Nc1cccc2cccnc12)c1coc(-c2ccc(C(F)(F)F)cc2)n1. The Kier molecular flexibility index (Phi) is 4.31. The number of pyridine rings is 1. The monoisotopic (exact) mass is 383 g/mol. The van der Waals surface area contributed by atoms with Gasteiger partial charge in [-0.15, -0.1) is 0 Å². The first-order chi connectivity index (χ1) is 13.4. The van der Waals surface area contributed by atoms with Crippen LogP contribution in [-0.2, 0) is 6.18 Å². The van der Waals surface area contributed by atoms with Crippen LogP contribution >= 0.6 is 0 Å². The molecule has 0 atom stereocenters. The fourth-order valence-corrected chi connectivity index (χ4v) is 2.70. The first kappa shape index (κ1) is 17.7. The molecule has 0 unspecified atom stereocenters. The Hall–Kier alpha value is -3.68. The number of nitrogens with one attached hydrogen (secondary N) is 1. The Bertz CT molecular complexity index is 1150. The number of fused-ring (bicyclic) bond motifs is 1. The van der Waals surface area contributed by atoms with E-state index in [2.05, 4.69) is 15.3 Å². The second-order valence-corrected chi connectivity index (χ2v) is 5.95. The molecule has 0 aliphatic heterocycles. The van der Waals surface area contributed by atoms with Crippen LogP contribution in [0, 0.1) is 0 Å². The highest BCUT2D eigenvalue weighted by Crippen LogP contribution is 2.31. The van der Waals surface area contributed by atoms with Crippen LogP contribution in [0.25, 0.3) is 22.4 Å². The fraction of sp³-hybridized carbons (Fsp3) is 0.0500. The summed E-state index contributed by atoms with van der Waals surface area (Å²) in [6.45, 7) is 0. The first-order valence-corrected chi connectivity index (χ1v) is 8.20. The number of amides is 1. The number of hydrogen-bond acceptors (Lipinski definition) is 4. The van der Waals surface area contributed by atoms with Crippen molar-refractivity contribution in [3.8, 4) is 11.5 Å². The van der Waals surface area contributed by atoms with E-state index in [0.717, 1.165) is 23.8 Å². The minimum Gasteiger partial charge on any atom is -0.444 e. The highest BCUT2D eigenvalue weighted by Gasteiger charge is 2.30. The number of carbonyl (C=O) groups is 1. The van der Waals surface area contributed by atoms with E-state index in [1.54, 1.807) is 24.4 Å². The minimum absolute atomic E-state index is 0.00262. The van der Waals surface area contributed by atoms with Crippen molar-refractivity contribution in [3.63, 3.8) is 0 Å². The van der Waals surface area contributed by atoms with Gasteiger partial charge in [0.15, 0.2) is 5.69 Å². The molecule has 1 amide bonds. The highest BCUT2D eigenvalue weighted by atomic mass is 19.4. The topological polar surface area (TPSA) is 68.0 Å². The number of anilines is 1. The average Bonchev–Trinajstić information content (AvgIpc) is 3.18. The summed E-state index contributed by atoms with van der Waals surface area (Å²) in [5, 5.41) is 3.59. The lowest BCUT2D eigenvalue weighted by atomic mass is 10.1. The van der Waals surface area contributed by atoms with E-state index in [4.69, 9.17) is 4.42 Å². The van der Waals surface area contributed by atoms with Crippen molar-refractivity contribution in [1.82, 2.24) is 9.97 Å². The standard InChI is InChI=1S/C20H12F3N3O2/c21-20(22,23)14-8-6-13(7-9-14)19-26-16(11-28-19)18(27)25-15-5-1-3-12-4-2-10-24-17(12)15/h1-11H,(H,25,27). The van der Waals surface area contributed by atoms with E-state index in [-0.39, 0.29) is 11.6 Å². The van der Waals surface area contributed by atoms with E-state index in [1.807, 2.05) is 12.1 Å². The molecule has 0 saturated heterocycles. The Morgan fingerprint density at radius 2 is 1.75 bits per heavy atom. The normalized spacial score (nSPS) is 11.5. The molecule has 2 heterocycles. The van der Waals surface area contributed by atoms with Gasteiger partial charge in [-0.1, -0.05) is 18.2 Å². The zero-order valence-corrected chi connectivity index (χ0v) is 14.2. The maximum Gasteiger partial charge on any atom is 0.416 e. The van der Waals surface area contributed by atoms with Crippen molar-refractivity contribution >= 4 is 22.5 Å². The maximum atomic E-state index is 12.7. The molecule has 0 aliphatic rings. The van der Waals surface area contributed by atoms with Gasteiger partial charge in [0.1, 0.15) is 6.26 Å². The smallest absolute Gasteiger partial charge is 0.416 e. The molecule has 4 rings (SSSR count). The first-order valence-electron chi connectivity index (χ1n) is 8.20. The molecular weight excluding hydrogens is 371 g/mol. The largest absolute Gasteiger partial charge is 0.444 e. The van der Waals surface area contributed by atoms with E-state index in [1.165, 1.54) is 12.1 Å². The quantitative estimate of drug-likeness (QED) is 0.531. The van der Waals surface area contributed by atoms with Crippen LogP contribution in [0.3, 0.4) is 0 Å². The summed E-state index contributed by atoms with van der Waals surface area (Å²) in [5.74, 6) is -0.463. The van der Waals surface area contributed by atoms with Gasteiger partial charge in [-0.2, -0.15) is 13.2 Å². The Labute approximate surface area is 156 Å².